The van der Waals surface area contributed by atoms with Crippen molar-refractivity contribution in [1.82, 2.24) is 4.98 Å². The monoisotopic (exact) mass is 376 g/mol. The summed E-state index contributed by atoms with van der Waals surface area (Å²) in [7, 11) is 0. The molecular formula is C18H14F2N2OS2. The number of nitrogens with one attached hydrogen (secondary N) is 1. The van der Waals surface area contributed by atoms with E-state index in [1.807, 2.05) is 0 Å². The zero-order chi connectivity index (χ0) is 17.6. The number of hydrogen-bond acceptors (Lipinski definition) is 4. The van der Waals surface area contributed by atoms with Gasteiger partial charge in [-0.1, -0.05) is 17.4 Å². The lowest BCUT2D eigenvalue weighted by atomic mass is 10.2. The molecule has 1 amide bonds. The Morgan fingerprint density at radius 2 is 1.96 bits per heavy atom. The van der Waals surface area contributed by atoms with E-state index in [0.717, 1.165) is 42.0 Å². The summed E-state index contributed by atoms with van der Waals surface area (Å²) >= 11 is 3.14. The summed E-state index contributed by atoms with van der Waals surface area (Å²) in [6, 6.07) is 5.50. The molecule has 0 bridgehead atoms. The molecule has 7 heteroatoms. The third-order valence-corrected chi connectivity index (χ3v) is 6.26. The highest BCUT2D eigenvalue weighted by Gasteiger charge is 2.23. The predicted octanol–water partition coefficient (Wildman–Crippen LogP) is 5.20. The topological polar surface area (TPSA) is 42.0 Å². The Morgan fingerprint density at radius 1 is 1.20 bits per heavy atom. The van der Waals surface area contributed by atoms with Crippen molar-refractivity contribution < 1.29 is 13.6 Å². The second-order valence-corrected chi connectivity index (χ2v) is 8.23. The fraction of sp³-hybridized carbons (Fsp3) is 0.222. The molecule has 3 aromatic rings. The molecular weight excluding hydrogens is 362 g/mol. The zero-order valence-corrected chi connectivity index (χ0v) is 15.0. The number of amides is 1. The fourth-order valence-corrected chi connectivity index (χ4v) is 5.21. The number of thiophene rings is 1. The lowest BCUT2D eigenvalue weighted by Crippen LogP contribution is -2.15. The number of aryl methyl sites for hydroxylation is 3. The van der Waals surface area contributed by atoms with Crippen LogP contribution in [0.5, 0.6) is 0 Å². The van der Waals surface area contributed by atoms with Crippen molar-refractivity contribution in [2.24, 2.45) is 0 Å². The van der Waals surface area contributed by atoms with Gasteiger partial charge in [-0.05, 0) is 44.4 Å². The molecule has 0 radical (unpaired) electrons. The van der Waals surface area contributed by atoms with Gasteiger partial charge in [-0.2, -0.15) is 0 Å². The van der Waals surface area contributed by atoms with Gasteiger partial charge < -0.3 is 0 Å². The number of nitrogens with zero attached hydrogens (tertiary/aromatic N) is 1. The van der Waals surface area contributed by atoms with Crippen LogP contribution >= 0.6 is 22.7 Å². The molecule has 2 aromatic heterocycles. The summed E-state index contributed by atoms with van der Waals surface area (Å²) in [4.78, 5) is 20.4. The molecule has 1 N–H and O–H groups in total. The number of hydrogen-bond donors (Lipinski definition) is 1. The molecule has 128 valence electrons. The molecule has 1 aromatic carbocycles. The van der Waals surface area contributed by atoms with Crippen LogP contribution in [0, 0.1) is 18.6 Å². The number of fused-ring (bicyclic) bond motifs is 3. The summed E-state index contributed by atoms with van der Waals surface area (Å²) in [5.41, 5.74) is 1.52. The SMILES string of the molecule is Cc1cc2c(s1)CCCc1nc(NC(=O)c3c(F)cccc3F)sc1-2. The third-order valence-electron chi connectivity index (χ3n) is 4.10. The van der Waals surface area contributed by atoms with Crippen LogP contribution in [-0.4, -0.2) is 10.9 Å². The number of aromatic nitrogens is 1. The van der Waals surface area contributed by atoms with E-state index in [0.29, 0.717) is 5.13 Å². The van der Waals surface area contributed by atoms with Gasteiger partial charge in [-0.25, -0.2) is 13.8 Å². The van der Waals surface area contributed by atoms with Gasteiger partial charge in [0.25, 0.3) is 5.91 Å². The quantitative estimate of drug-likeness (QED) is 0.668. The number of thiazole rings is 1. The van der Waals surface area contributed by atoms with Crippen LogP contribution in [0.2, 0.25) is 0 Å². The maximum atomic E-state index is 13.8. The number of benzene rings is 1. The van der Waals surface area contributed by atoms with E-state index in [9.17, 15) is 13.6 Å². The third kappa shape index (κ3) is 2.98. The summed E-state index contributed by atoms with van der Waals surface area (Å²) in [5, 5.41) is 2.92. The Bertz CT molecular complexity index is 957. The van der Waals surface area contributed by atoms with E-state index in [4.69, 9.17) is 0 Å². The van der Waals surface area contributed by atoms with Gasteiger partial charge in [-0.15, -0.1) is 11.3 Å². The molecule has 0 saturated heterocycles. The lowest BCUT2D eigenvalue weighted by Gasteiger charge is -2.04. The first-order valence-corrected chi connectivity index (χ1v) is 9.51. The van der Waals surface area contributed by atoms with Crippen LogP contribution in [0.1, 0.15) is 32.2 Å². The van der Waals surface area contributed by atoms with E-state index in [2.05, 4.69) is 23.3 Å². The summed E-state index contributed by atoms with van der Waals surface area (Å²) < 4.78 is 27.5. The molecule has 0 fully saturated rings. The maximum absolute atomic E-state index is 13.8. The van der Waals surface area contributed by atoms with Gasteiger partial charge >= 0.3 is 0 Å². The van der Waals surface area contributed by atoms with Crippen LogP contribution in [0.3, 0.4) is 0 Å². The number of carbonyl (C=O) groups is 1. The molecule has 0 spiro atoms. The molecule has 2 heterocycles. The summed E-state index contributed by atoms with van der Waals surface area (Å²) in [6.07, 6.45) is 2.86. The number of halogens is 2. The Balaban J connectivity index is 1.68. The van der Waals surface area contributed by atoms with Gasteiger partial charge in [0.15, 0.2) is 5.13 Å². The molecule has 3 nitrogen and oxygen atoms in total. The number of carbonyl (C=O) groups excluding carboxylic acids is 1. The average molecular weight is 376 g/mol. The minimum absolute atomic E-state index is 0.370. The van der Waals surface area contributed by atoms with Crippen molar-refractivity contribution in [2.75, 3.05) is 5.32 Å². The summed E-state index contributed by atoms with van der Waals surface area (Å²) in [5.74, 6) is -2.58. The molecule has 25 heavy (non-hydrogen) atoms. The molecule has 1 aliphatic rings. The molecule has 0 saturated carbocycles. The van der Waals surface area contributed by atoms with Gasteiger partial charge in [-0.3, -0.25) is 10.1 Å². The first-order chi connectivity index (χ1) is 12.0. The van der Waals surface area contributed by atoms with Crippen LogP contribution in [0.25, 0.3) is 10.4 Å². The average Bonchev–Trinajstić information content (AvgIpc) is 3.07. The normalized spacial score (nSPS) is 13.1. The highest BCUT2D eigenvalue weighted by Crippen LogP contribution is 2.42. The number of anilines is 1. The maximum Gasteiger partial charge on any atom is 0.263 e. The van der Waals surface area contributed by atoms with Gasteiger partial charge in [0.2, 0.25) is 0 Å². The lowest BCUT2D eigenvalue weighted by molar-refractivity contribution is 0.101. The molecule has 0 unspecified atom stereocenters. The van der Waals surface area contributed by atoms with Crippen LogP contribution in [-0.2, 0) is 12.8 Å². The zero-order valence-electron chi connectivity index (χ0n) is 13.4. The Kier molecular flexibility index (Phi) is 4.13. The minimum Gasteiger partial charge on any atom is -0.298 e. The van der Waals surface area contributed by atoms with Gasteiger partial charge in [0.05, 0.1) is 10.6 Å². The second-order valence-electron chi connectivity index (χ2n) is 5.89. The van der Waals surface area contributed by atoms with Crippen molar-refractivity contribution in [3.8, 4) is 10.4 Å². The van der Waals surface area contributed by atoms with Gasteiger partial charge in [0.1, 0.15) is 17.2 Å². The van der Waals surface area contributed by atoms with E-state index in [1.54, 1.807) is 11.3 Å². The largest absolute Gasteiger partial charge is 0.298 e. The minimum atomic E-state index is -0.883. The second kappa shape index (κ2) is 6.31. The van der Waals surface area contributed by atoms with E-state index >= 15 is 0 Å². The standard InChI is InChI=1S/C18H14F2N2OS2/c1-9-8-10-14(24-9)7-3-6-13-16(10)25-18(21-13)22-17(23)15-11(19)4-2-5-12(15)20/h2,4-5,8H,3,6-7H2,1H3,(H,21,22,23). The van der Waals surface area contributed by atoms with Crippen molar-refractivity contribution in [2.45, 2.75) is 26.2 Å². The molecule has 0 atom stereocenters. The van der Waals surface area contributed by atoms with E-state index in [-0.39, 0.29) is 0 Å². The van der Waals surface area contributed by atoms with Crippen LogP contribution in [0.15, 0.2) is 24.3 Å². The predicted molar refractivity (Wildman–Crippen MR) is 96.5 cm³/mol. The van der Waals surface area contributed by atoms with Crippen molar-refractivity contribution in [3.63, 3.8) is 0 Å². The Morgan fingerprint density at radius 3 is 2.72 bits per heavy atom. The van der Waals surface area contributed by atoms with Crippen LogP contribution in [0.4, 0.5) is 13.9 Å². The van der Waals surface area contributed by atoms with E-state index in [1.165, 1.54) is 32.7 Å². The number of rotatable bonds is 2. The Hall–Kier alpha value is -2.12. The molecule has 1 aliphatic carbocycles. The van der Waals surface area contributed by atoms with Crippen molar-refractivity contribution in [1.29, 1.82) is 0 Å². The Labute approximate surface area is 151 Å². The highest BCUT2D eigenvalue weighted by molar-refractivity contribution is 7.20. The van der Waals surface area contributed by atoms with Crippen LogP contribution < -0.4 is 5.32 Å². The first-order valence-electron chi connectivity index (χ1n) is 7.87. The van der Waals surface area contributed by atoms with Crippen molar-refractivity contribution in [3.05, 3.63) is 56.9 Å². The van der Waals surface area contributed by atoms with E-state index < -0.39 is 23.1 Å². The highest BCUT2D eigenvalue weighted by atomic mass is 32.1. The first kappa shape index (κ1) is 16.4. The fourth-order valence-electron chi connectivity index (χ4n) is 3.02. The summed E-state index contributed by atoms with van der Waals surface area (Å²) in [6.45, 7) is 2.07. The van der Waals surface area contributed by atoms with Crippen molar-refractivity contribution >= 4 is 33.7 Å². The van der Waals surface area contributed by atoms with Gasteiger partial charge in [0, 0.05) is 15.3 Å². The molecule has 0 aliphatic heterocycles. The smallest absolute Gasteiger partial charge is 0.263 e. The molecule has 4 rings (SSSR count).